The molecule has 0 fully saturated rings. The van der Waals surface area contributed by atoms with Crippen LogP contribution in [0.4, 0.5) is 5.69 Å². The largest absolute Gasteiger partial charge is 0.396 e. The monoisotopic (exact) mass is 314 g/mol. The average Bonchev–Trinajstić information content (AvgIpc) is 2.96. The molecule has 1 aliphatic heterocycles. The topological polar surface area (TPSA) is 54.3 Å². The fourth-order valence-corrected chi connectivity index (χ4v) is 3.33. The summed E-state index contributed by atoms with van der Waals surface area (Å²) in [7, 11) is 0. The normalized spacial score (nSPS) is 15.7. The molecule has 0 aliphatic carbocycles. The molecule has 0 atom stereocenters. The highest BCUT2D eigenvalue weighted by Gasteiger charge is 2.20. The fraction of sp³-hybridized carbons (Fsp3) is 0.235. The van der Waals surface area contributed by atoms with E-state index >= 15 is 0 Å². The zero-order valence-corrected chi connectivity index (χ0v) is 13.0. The highest BCUT2D eigenvalue weighted by atomic mass is 32.2. The van der Waals surface area contributed by atoms with Crippen LogP contribution >= 0.6 is 11.8 Å². The number of aryl methyl sites for hydroxylation is 1. The van der Waals surface area contributed by atoms with E-state index in [9.17, 15) is 4.79 Å². The van der Waals surface area contributed by atoms with Crippen molar-refractivity contribution in [2.24, 2.45) is 0 Å². The SMILES string of the molecule is O=C1Nc2ccccc2S/C1=C\c1cccn1CCCCO. The van der Waals surface area contributed by atoms with E-state index in [1.165, 1.54) is 11.8 Å². The zero-order chi connectivity index (χ0) is 15.4. The van der Waals surface area contributed by atoms with Gasteiger partial charge in [0.1, 0.15) is 0 Å². The van der Waals surface area contributed by atoms with Crippen molar-refractivity contribution in [1.82, 2.24) is 4.57 Å². The molecule has 0 saturated carbocycles. The van der Waals surface area contributed by atoms with E-state index in [2.05, 4.69) is 9.88 Å². The van der Waals surface area contributed by atoms with Gasteiger partial charge in [0.2, 0.25) is 0 Å². The molecule has 1 amide bonds. The lowest BCUT2D eigenvalue weighted by Crippen LogP contribution is -2.17. The van der Waals surface area contributed by atoms with E-state index in [1.807, 2.05) is 48.7 Å². The summed E-state index contributed by atoms with van der Waals surface area (Å²) < 4.78 is 2.11. The molecule has 2 heterocycles. The summed E-state index contributed by atoms with van der Waals surface area (Å²) in [5, 5.41) is 11.8. The molecule has 2 N–H and O–H groups in total. The molecular weight excluding hydrogens is 296 g/mol. The predicted octanol–water partition coefficient (Wildman–Crippen LogP) is 3.35. The second-order valence-corrected chi connectivity index (χ2v) is 6.20. The van der Waals surface area contributed by atoms with Gasteiger partial charge in [-0.3, -0.25) is 4.79 Å². The Balaban J connectivity index is 1.81. The standard InChI is InChI=1S/C17H18N2O2S/c20-11-4-3-9-19-10-5-6-13(19)12-16-17(21)18-14-7-1-2-8-15(14)22-16/h1-2,5-8,10,12,20H,3-4,9,11H2,(H,18,21)/b16-12-. The maximum atomic E-state index is 12.2. The Labute approximate surface area is 133 Å². The number of rotatable bonds is 5. The second-order valence-electron chi connectivity index (χ2n) is 5.12. The molecule has 0 unspecified atom stereocenters. The van der Waals surface area contributed by atoms with E-state index in [0.717, 1.165) is 35.7 Å². The lowest BCUT2D eigenvalue weighted by Gasteiger charge is -2.18. The summed E-state index contributed by atoms with van der Waals surface area (Å²) in [6.45, 7) is 1.06. The van der Waals surface area contributed by atoms with Gasteiger partial charge >= 0.3 is 0 Å². The summed E-state index contributed by atoms with van der Waals surface area (Å²) in [5.74, 6) is -0.0631. The Kier molecular flexibility index (Phi) is 4.65. The molecule has 3 rings (SSSR count). The number of hydrogen-bond donors (Lipinski definition) is 2. The molecular formula is C17H18N2O2S. The van der Waals surface area contributed by atoms with Crippen LogP contribution in [-0.4, -0.2) is 22.2 Å². The first-order chi connectivity index (χ1) is 10.8. The number of nitrogens with zero attached hydrogens (tertiary/aromatic N) is 1. The van der Waals surface area contributed by atoms with Crippen LogP contribution in [0.2, 0.25) is 0 Å². The van der Waals surface area contributed by atoms with E-state index in [4.69, 9.17) is 5.11 Å². The Morgan fingerprint density at radius 2 is 2.05 bits per heavy atom. The van der Waals surface area contributed by atoms with Gasteiger partial charge in [-0.25, -0.2) is 0 Å². The third kappa shape index (κ3) is 3.26. The number of fused-ring (bicyclic) bond motifs is 1. The van der Waals surface area contributed by atoms with Crippen molar-refractivity contribution in [3.63, 3.8) is 0 Å². The molecule has 0 bridgehead atoms. The molecule has 1 aromatic carbocycles. The number of hydrogen-bond acceptors (Lipinski definition) is 3. The van der Waals surface area contributed by atoms with Crippen molar-refractivity contribution >= 4 is 29.4 Å². The number of unbranched alkanes of at least 4 members (excludes halogenated alkanes) is 1. The molecule has 0 spiro atoms. The number of carbonyl (C=O) groups excluding carboxylic acids is 1. The second kappa shape index (κ2) is 6.85. The number of thioether (sulfide) groups is 1. The van der Waals surface area contributed by atoms with Crippen LogP contribution in [0.25, 0.3) is 6.08 Å². The lowest BCUT2D eigenvalue weighted by molar-refractivity contribution is -0.112. The van der Waals surface area contributed by atoms with E-state index in [-0.39, 0.29) is 12.5 Å². The van der Waals surface area contributed by atoms with Gasteiger partial charge < -0.3 is 15.0 Å². The van der Waals surface area contributed by atoms with Crippen LogP contribution in [0, 0.1) is 0 Å². The molecule has 0 saturated heterocycles. The first kappa shape index (κ1) is 14.9. The Morgan fingerprint density at radius 1 is 1.18 bits per heavy atom. The molecule has 0 radical (unpaired) electrons. The lowest BCUT2D eigenvalue weighted by atomic mass is 10.3. The van der Waals surface area contributed by atoms with Crippen molar-refractivity contribution in [3.05, 3.63) is 53.2 Å². The van der Waals surface area contributed by atoms with Gasteiger partial charge in [-0.05, 0) is 43.2 Å². The summed E-state index contributed by atoms with van der Waals surface area (Å²) in [5.41, 5.74) is 1.88. The third-order valence-corrected chi connectivity index (χ3v) is 4.63. The first-order valence-electron chi connectivity index (χ1n) is 7.34. The number of aromatic nitrogens is 1. The predicted molar refractivity (Wildman–Crippen MR) is 89.7 cm³/mol. The van der Waals surface area contributed by atoms with Crippen LogP contribution in [0.1, 0.15) is 18.5 Å². The molecule has 114 valence electrons. The maximum Gasteiger partial charge on any atom is 0.262 e. The van der Waals surface area contributed by atoms with Gasteiger partial charge in [-0.1, -0.05) is 23.9 Å². The zero-order valence-electron chi connectivity index (χ0n) is 12.2. The number of anilines is 1. The van der Waals surface area contributed by atoms with Gasteiger partial charge in [0, 0.05) is 29.9 Å². The van der Waals surface area contributed by atoms with E-state index < -0.39 is 0 Å². The van der Waals surface area contributed by atoms with Crippen LogP contribution in [0.3, 0.4) is 0 Å². The quantitative estimate of drug-likeness (QED) is 0.657. The van der Waals surface area contributed by atoms with E-state index in [0.29, 0.717) is 4.91 Å². The fourth-order valence-electron chi connectivity index (χ4n) is 2.39. The van der Waals surface area contributed by atoms with Crippen LogP contribution in [-0.2, 0) is 11.3 Å². The summed E-state index contributed by atoms with van der Waals surface area (Å²) >= 11 is 1.50. The number of nitrogens with one attached hydrogen (secondary N) is 1. The Morgan fingerprint density at radius 3 is 2.91 bits per heavy atom. The number of benzene rings is 1. The van der Waals surface area contributed by atoms with Crippen LogP contribution in [0.5, 0.6) is 0 Å². The number of aliphatic hydroxyl groups is 1. The van der Waals surface area contributed by atoms with Gasteiger partial charge in [0.25, 0.3) is 5.91 Å². The number of aliphatic hydroxyl groups excluding tert-OH is 1. The molecule has 2 aromatic rings. The smallest absolute Gasteiger partial charge is 0.262 e. The van der Waals surface area contributed by atoms with Gasteiger partial charge in [-0.2, -0.15) is 0 Å². The Bertz CT molecular complexity index is 706. The number of carbonyl (C=O) groups is 1. The van der Waals surface area contributed by atoms with Crippen molar-refractivity contribution in [2.75, 3.05) is 11.9 Å². The maximum absolute atomic E-state index is 12.2. The van der Waals surface area contributed by atoms with Gasteiger partial charge in [0.15, 0.2) is 0 Å². The van der Waals surface area contributed by atoms with Crippen molar-refractivity contribution in [1.29, 1.82) is 0 Å². The minimum atomic E-state index is -0.0631. The highest BCUT2D eigenvalue weighted by Crippen LogP contribution is 2.38. The minimum Gasteiger partial charge on any atom is -0.396 e. The van der Waals surface area contributed by atoms with Crippen molar-refractivity contribution in [3.8, 4) is 0 Å². The summed E-state index contributed by atoms with van der Waals surface area (Å²) in [6.07, 6.45) is 5.64. The molecule has 1 aromatic heterocycles. The van der Waals surface area contributed by atoms with Gasteiger partial charge in [0.05, 0.1) is 10.6 Å². The van der Waals surface area contributed by atoms with Gasteiger partial charge in [-0.15, -0.1) is 0 Å². The molecule has 22 heavy (non-hydrogen) atoms. The molecule has 4 nitrogen and oxygen atoms in total. The van der Waals surface area contributed by atoms with E-state index in [1.54, 1.807) is 0 Å². The highest BCUT2D eigenvalue weighted by molar-refractivity contribution is 8.04. The molecule has 1 aliphatic rings. The number of amides is 1. The summed E-state index contributed by atoms with van der Waals surface area (Å²) in [6, 6.07) is 11.8. The summed E-state index contributed by atoms with van der Waals surface area (Å²) in [4.78, 5) is 14.0. The van der Waals surface area contributed by atoms with Crippen LogP contribution < -0.4 is 5.32 Å². The third-order valence-electron chi connectivity index (χ3n) is 3.53. The van der Waals surface area contributed by atoms with Crippen molar-refractivity contribution in [2.45, 2.75) is 24.3 Å². The first-order valence-corrected chi connectivity index (χ1v) is 8.15. The molecule has 5 heteroatoms. The van der Waals surface area contributed by atoms with Crippen LogP contribution in [0.15, 0.2) is 52.4 Å². The van der Waals surface area contributed by atoms with Crippen molar-refractivity contribution < 1.29 is 9.90 Å². The average molecular weight is 314 g/mol. The Hall–Kier alpha value is -1.98. The minimum absolute atomic E-state index is 0.0631. The number of para-hydroxylation sites is 1.